The highest BCUT2D eigenvalue weighted by atomic mass is 35.5. The molecule has 1 amide bonds. The Hall–Kier alpha value is -2.00. The molecule has 4 heteroatoms. The molecule has 0 spiro atoms. The minimum atomic E-state index is -0.602. The maximum absolute atomic E-state index is 12.4. The van der Waals surface area contributed by atoms with Crippen molar-refractivity contribution < 1.29 is 9.53 Å². The van der Waals surface area contributed by atoms with Crippen LogP contribution < -0.4 is 10.1 Å². The monoisotopic (exact) mass is 331 g/mol. The zero-order valence-corrected chi connectivity index (χ0v) is 14.9. The molecule has 122 valence electrons. The summed E-state index contributed by atoms with van der Waals surface area (Å²) < 4.78 is 5.77. The topological polar surface area (TPSA) is 38.3 Å². The standard InChI is InChI=1S/C19H22ClNO2/c1-11-8-13(3)18(14(4)9-11)21-19(22)15(5)23-17-7-6-16(20)10-12(17)2/h6-10,15H,1-5H3,(H,21,22)/t15-/m1/s1. The van der Waals surface area contributed by atoms with Crippen LogP contribution >= 0.6 is 11.6 Å². The van der Waals surface area contributed by atoms with Gasteiger partial charge in [0.1, 0.15) is 5.75 Å². The molecular weight excluding hydrogens is 310 g/mol. The summed E-state index contributed by atoms with van der Waals surface area (Å²) in [6, 6.07) is 9.46. The van der Waals surface area contributed by atoms with Gasteiger partial charge < -0.3 is 10.1 Å². The highest BCUT2D eigenvalue weighted by molar-refractivity contribution is 6.30. The molecule has 0 unspecified atom stereocenters. The lowest BCUT2D eigenvalue weighted by molar-refractivity contribution is -0.122. The van der Waals surface area contributed by atoms with Crippen LogP contribution in [0.15, 0.2) is 30.3 Å². The Morgan fingerprint density at radius 2 is 1.65 bits per heavy atom. The highest BCUT2D eigenvalue weighted by Crippen LogP contribution is 2.25. The number of aryl methyl sites for hydroxylation is 4. The van der Waals surface area contributed by atoms with Crippen LogP contribution in [-0.2, 0) is 4.79 Å². The Morgan fingerprint density at radius 3 is 2.22 bits per heavy atom. The fraction of sp³-hybridized carbons (Fsp3) is 0.316. The molecule has 2 aromatic carbocycles. The van der Waals surface area contributed by atoms with Gasteiger partial charge in [0.15, 0.2) is 6.10 Å². The van der Waals surface area contributed by atoms with Gasteiger partial charge >= 0.3 is 0 Å². The second kappa shape index (κ2) is 7.05. The number of hydrogen-bond donors (Lipinski definition) is 1. The summed E-state index contributed by atoms with van der Waals surface area (Å²) in [4.78, 5) is 12.4. The van der Waals surface area contributed by atoms with E-state index in [1.165, 1.54) is 5.56 Å². The lowest BCUT2D eigenvalue weighted by Gasteiger charge is -2.18. The molecule has 0 aliphatic heterocycles. The third-order valence-electron chi connectivity index (χ3n) is 3.74. The number of amides is 1. The third kappa shape index (κ3) is 4.26. The molecule has 0 saturated carbocycles. The Bertz CT molecular complexity index is 717. The van der Waals surface area contributed by atoms with Gasteiger partial charge in [-0.2, -0.15) is 0 Å². The average molecular weight is 332 g/mol. The molecule has 0 heterocycles. The molecule has 0 fully saturated rings. The minimum absolute atomic E-state index is 0.172. The number of carbonyl (C=O) groups excluding carboxylic acids is 1. The van der Waals surface area contributed by atoms with E-state index in [0.29, 0.717) is 10.8 Å². The molecule has 2 rings (SSSR count). The maximum atomic E-state index is 12.4. The molecule has 0 aliphatic carbocycles. The van der Waals surface area contributed by atoms with Crippen LogP contribution in [0, 0.1) is 27.7 Å². The van der Waals surface area contributed by atoms with E-state index in [4.69, 9.17) is 16.3 Å². The summed E-state index contributed by atoms with van der Waals surface area (Å²) in [5, 5.41) is 3.62. The highest BCUT2D eigenvalue weighted by Gasteiger charge is 2.17. The first-order valence-corrected chi connectivity index (χ1v) is 7.97. The summed E-state index contributed by atoms with van der Waals surface area (Å²) in [6.07, 6.45) is -0.602. The quantitative estimate of drug-likeness (QED) is 0.858. The Balaban J connectivity index is 2.11. The molecule has 0 aliphatic rings. The second-order valence-corrected chi connectivity index (χ2v) is 6.37. The maximum Gasteiger partial charge on any atom is 0.265 e. The normalized spacial score (nSPS) is 11.9. The fourth-order valence-corrected chi connectivity index (χ4v) is 2.82. The van der Waals surface area contributed by atoms with E-state index in [-0.39, 0.29) is 5.91 Å². The smallest absolute Gasteiger partial charge is 0.265 e. The molecule has 23 heavy (non-hydrogen) atoms. The number of hydrogen-bond acceptors (Lipinski definition) is 2. The summed E-state index contributed by atoms with van der Waals surface area (Å²) in [6.45, 7) is 9.66. The van der Waals surface area contributed by atoms with Crippen LogP contribution in [0.25, 0.3) is 0 Å². The largest absolute Gasteiger partial charge is 0.481 e. The van der Waals surface area contributed by atoms with Crippen molar-refractivity contribution in [3.05, 3.63) is 57.6 Å². The molecule has 2 aromatic rings. The minimum Gasteiger partial charge on any atom is -0.481 e. The lowest BCUT2D eigenvalue weighted by atomic mass is 10.0. The number of halogens is 1. The third-order valence-corrected chi connectivity index (χ3v) is 3.97. The second-order valence-electron chi connectivity index (χ2n) is 5.93. The van der Waals surface area contributed by atoms with E-state index in [2.05, 4.69) is 17.4 Å². The van der Waals surface area contributed by atoms with Gasteiger partial charge in [0.2, 0.25) is 0 Å². The zero-order chi connectivity index (χ0) is 17.1. The van der Waals surface area contributed by atoms with E-state index in [1.54, 1.807) is 19.1 Å². The predicted molar refractivity (Wildman–Crippen MR) is 95.6 cm³/mol. The molecule has 0 saturated heterocycles. The first kappa shape index (κ1) is 17.4. The van der Waals surface area contributed by atoms with Crippen molar-refractivity contribution in [1.82, 2.24) is 0 Å². The summed E-state index contributed by atoms with van der Waals surface area (Å²) in [5.41, 5.74) is 5.03. The van der Waals surface area contributed by atoms with E-state index >= 15 is 0 Å². The van der Waals surface area contributed by atoms with Gasteiger partial charge in [0.25, 0.3) is 5.91 Å². The van der Waals surface area contributed by atoms with Gasteiger partial charge in [-0.1, -0.05) is 29.3 Å². The van der Waals surface area contributed by atoms with E-state index in [1.807, 2.05) is 33.8 Å². The van der Waals surface area contributed by atoms with Crippen molar-refractivity contribution in [3.63, 3.8) is 0 Å². The van der Waals surface area contributed by atoms with Crippen molar-refractivity contribution >= 4 is 23.2 Å². The predicted octanol–water partition coefficient (Wildman–Crippen LogP) is 4.98. The lowest BCUT2D eigenvalue weighted by Crippen LogP contribution is -2.30. The Labute approximate surface area is 142 Å². The Morgan fingerprint density at radius 1 is 1.04 bits per heavy atom. The van der Waals surface area contributed by atoms with Gasteiger partial charge in [-0.25, -0.2) is 0 Å². The molecule has 1 N–H and O–H groups in total. The van der Waals surface area contributed by atoms with Crippen molar-refractivity contribution in [1.29, 1.82) is 0 Å². The molecule has 0 aromatic heterocycles. The number of rotatable bonds is 4. The van der Waals surface area contributed by atoms with Gasteiger partial charge in [0.05, 0.1) is 0 Å². The summed E-state index contributed by atoms with van der Waals surface area (Å²) in [7, 11) is 0. The molecular formula is C19H22ClNO2. The van der Waals surface area contributed by atoms with Crippen LogP contribution in [0.2, 0.25) is 5.02 Å². The number of nitrogens with one attached hydrogen (secondary N) is 1. The first-order valence-electron chi connectivity index (χ1n) is 7.59. The number of anilines is 1. The van der Waals surface area contributed by atoms with Crippen LogP contribution in [0.3, 0.4) is 0 Å². The van der Waals surface area contributed by atoms with Crippen molar-refractivity contribution in [3.8, 4) is 5.75 Å². The van der Waals surface area contributed by atoms with E-state index < -0.39 is 6.10 Å². The van der Waals surface area contributed by atoms with Crippen LogP contribution in [0.4, 0.5) is 5.69 Å². The van der Waals surface area contributed by atoms with Gasteiger partial charge in [-0.3, -0.25) is 4.79 Å². The van der Waals surface area contributed by atoms with E-state index in [0.717, 1.165) is 22.4 Å². The molecule has 0 bridgehead atoms. The van der Waals surface area contributed by atoms with E-state index in [9.17, 15) is 4.79 Å². The van der Waals surface area contributed by atoms with Crippen molar-refractivity contribution in [2.75, 3.05) is 5.32 Å². The van der Waals surface area contributed by atoms with Crippen LogP contribution in [0.1, 0.15) is 29.2 Å². The zero-order valence-electron chi connectivity index (χ0n) is 14.2. The molecule has 3 nitrogen and oxygen atoms in total. The van der Waals surface area contributed by atoms with Gasteiger partial charge in [-0.05, 0) is 69.5 Å². The Kier molecular flexibility index (Phi) is 5.32. The molecule has 1 atom stereocenters. The van der Waals surface area contributed by atoms with Crippen molar-refractivity contribution in [2.24, 2.45) is 0 Å². The SMILES string of the molecule is Cc1cc(C)c(NC(=O)[C@@H](C)Oc2ccc(Cl)cc2C)c(C)c1. The number of benzene rings is 2. The summed E-state index contributed by atoms with van der Waals surface area (Å²) in [5.74, 6) is 0.490. The molecule has 0 radical (unpaired) electrons. The fourth-order valence-electron chi connectivity index (χ4n) is 2.59. The van der Waals surface area contributed by atoms with Crippen LogP contribution in [-0.4, -0.2) is 12.0 Å². The first-order chi connectivity index (χ1) is 10.8. The van der Waals surface area contributed by atoms with Gasteiger partial charge in [0, 0.05) is 10.7 Å². The summed E-state index contributed by atoms with van der Waals surface area (Å²) >= 11 is 5.94. The van der Waals surface area contributed by atoms with Crippen molar-refractivity contribution in [2.45, 2.75) is 40.7 Å². The van der Waals surface area contributed by atoms with Gasteiger partial charge in [-0.15, -0.1) is 0 Å². The number of ether oxygens (including phenoxy) is 1. The number of carbonyl (C=O) groups is 1. The average Bonchev–Trinajstić information content (AvgIpc) is 2.45. The van der Waals surface area contributed by atoms with Crippen LogP contribution in [0.5, 0.6) is 5.75 Å².